The van der Waals surface area contributed by atoms with E-state index in [0.29, 0.717) is 18.7 Å². The molecule has 2 atom stereocenters. The van der Waals surface area contributed by atoms with E-state index < -0.39 is 0 Å². The van der Waals surface area contributed by atoms with Crippen molar-refractivity contribution in [2.45, 2.75) is 26.4 Å². The summed E-state index contributed by atoms with van der Waals surface area (Å²) in [6, 6.07) is 9.23. The minimum Gasteiger partial charge on any atom is -0.393 e. The smallest absolute Gasteiger partial charge is 0.319 e. The molecule has 2 unspecified atom stereocenters. The maximum atomic E-state index is 11.9. The summed E-state index contributed by atoms with van der Waals surface area (Å²) >= 11 is 0. The van der Waals surface area contributed by atoms with Gasteiger partial charge in [0.2, 0.25) is 0 Å². The van der Waals surface area contributed by atoms with Gasteiger partial charge in [-0.1, -0.05) is 25.1 Å². The van der Waals surface area contributed by atoms with Crippen molar-refractivity contribution in [3.63, 3.8) is 0 Å². The van der Waals surface area contributed by atoms with Gasteiger partial charge in [0.15, 0.2) is 0 Å². The number of benzene rings is 1. The van der Waals surface area contributed by atoms with Gasteiger partial charge in [-0.2, -0.15) is 0 Å². The van der Waals surface area contributed by atoms with Gasteiger partial charge in [-0.3, -0.25) is 4.98 Å². The van der Waals surface area contributed by atoms with Crippen molar-refractivity contribution >= 4 is 22.6 Å². The van der Waals surface area contributed by atoms with Crippen molar-refractivity contribution in [2.24, 2.45) is 5.92 Å². The zero-order valence-electron chi connectivity index (χ0n) is 12.3. The molecule has 1 heterocycles. The summed E-state index contributed by atoms with van der Waals surface area (Å²) in [5, 5.41) is 15.9. The van der Waals surface area contributed by atoms with E-state index >= 15 is 0 Å². The molecule has 1 aromatic carbocycles. The van der Waals surface area contributed by atoms with E-state index in [0.717, 1.165) is 10.9 Å². The Morgan fingerprint density at radius 3 is 2.81 bits per heavy atom. The molecule has 0 fully saturated rings. The van der Waals surface area contributed by atoms with Gasteiger partial charge in [0.1, 0.15) is 0 Å². The van der Waals surface area contributed by atoms with Crippen molar-refractivity contribution < 1.29 is 9.90 Å². The van der Waals surface area contributed by atoms with E-state index in [9.17, 15) is 9.90 Å². The van der Waals surface area contributed by atoms with Crippen LogP contribution in [0.2, 0.25) is 0 Å². The Kier molecular flexibility index (Phi) is 5.11. The lowest BCUT2D eigenvalue weighted by molar-refractivity contribution is 0.163. The number of hydrogen-bond donors (Lipinski definition) is 3. The number of fused-ring (bicyclic) bond motifs is 1. The number of nitrogens with one attached hydrogen (secondary N) is 2. The Morgan fingerprint density at radius 2 is 2.05 bits per heavy atom. The molecular weight excluding hydrogens is 266 g/mol. The van der Waals surface area contributed by atoms with Gasteiger partial charge >= 0.3 is 6.03 Å². The second-order valence-corrected chi connectivity index (χ2v) is 5.41. The lowest BCUT2D eigenvalue weighted by Crippen LogP contribution is -2.33. The van der Waals surface area contributed by atoms with Gasteiger partial charge in [0.05, 0.1) is 17.3 Å². The summed E-state index contributed by atoms with van der Waals surface area (Å²) in [6.07, 6.45) is 2.01. The number of rotatable bonds is 5. The molecule has 0 bridgehead atoms. The molecule has 112 valence electrons. The summed E-state index contributed by atoms with van der Waals surface area (Å²) in [7, 11) is 0. The monoisotopic (exact) mass is 287 g/mol. The van der Waals surface area contributed by atoms with Crippen LogP contribution in [0.15, 0.2) is 36.5 Å². The number of para-hydroxylation sites is 1. The summed E-state index contributed by atoms with van der Waals surface area (Å²) < 4.78 is 0. The van der Waals surface area contributed by atoms with Crippen LogP contribution in [0.3, 0.4) is 0 Å². The molecule has 5 heteroatoms. The van der Waals surface area contributed by atoms with Crippen LogP contribution in [0.1, 0.15) is 20.3 Å². The summed E-state index contributed by atoms with van der Waals surface area (Å²) in [5.41, 5.74) is 1.46. The molecule has 5 nitrogen and oxygen atoms in total. The van der Waals surface area contributed by atoms with E-state index in [1.54, 1.807) is 13.1 Å². The standard InChI is InChI=1S/C16H21N3O2/c1-11(9-12(2)20)10-18-16(21)19-14-7-3-5-13-6-4-8-17-15(13)14/h3-8,11-12,20H,9-10H2,1-2H3,(H2,18,19,21). The van der Waals surface area contributed by atoms with Crippen molar-refractivity contribution in [1.82, 2.24) is 10.3 Å². The third kappa shape index (κ3) is 4.43. The van der Waals surface area contributed by atoms with E-state index in [4.69, 9.17) is 0 Å². The third-order valence-corrected chi connectivity index (χ3v) is 3.24. The quantitative estimate of drug-likeness (QED) is 0.791. The number of carbonyl (C=O) groups excluding carboxylic acids is 1. The Bertz CT molecular complexity index is 608. The number of anilines is 1. The van der Waals surface area contributed by atoms with E-state index in [1.165, 1.54) is 0 Å². The fraction of sp³-hybridized carbons (Fsp3) is 0.375. The van der Waals surface area contributed by atoms with Crippen LogP contribution in [0, 0.1) is 5.92 Å². The first kappa shape index (κ1) is 15.3. The molecule has 0 aliphatic carbocycles. The van der Waals surface area contributed by atoms with Crippen molar-refractivity contribution in [3.8, 4) is 0 Å². The highest BCUT2D eigenvalue weighted by Gasteiger charge is 2.09. The normalized spacial score (nSPS) is 13.7. The number of carbonyl (C=O) groups is 1. The van der Waals surface area contributed by atoms with Gasteiger partial charge in [0.25, 0.3) is 0 Å². The van der Waals surface area contributed by atoms with Crippen LogP contribution in [-0.4, -0.2) is 28.8 Å². The molecule has 0 aliphatic rings. The largest absolute Gasteiger partial charge is 0.393 e. The molecule has 21 heavy (non-hydrogen) atoms. The average Bonchev–Trinajstić information content (AvgIpc) is 2.45. The summed E-state index contributed by atoms with van der Waals surface area (Å²) in [5.74, 6) is 0.224. The number of aromatic nitrogens is 1. The maximum Gasteiger partial charge on any atom is 0.319 e. The predicted molar refractivity (Wildman–Crippen MR) is 84.2 cm³/mol. The molecular formula is C16H21N3O2. The topological polar surface area (TPSA) is 74.2 Å². The van der Waals surface area contributed by atoms with Crippen molar-refractivity contribution in [3.05, 3.63) is 36.5 Å². The number of amides is 2. The van der Waals surface area contributed by atoms with Crippen molar-refractivity contribution in [1.29, 1.82) is 0 Å². The Labute approximate surface area is 124 Å². The highest BCUT2D eigenvalue weighted by Crippen LogP contribution is 2.20. The van der Waals surface area contributed by atoms with Crippen LogP contribution in [-0.2, 0) is 0 Å². The second-order valence-electron chi connectivity index (χ2n) is 5.41. The Hall–Kier alpha value is -2.14. The number of aliphatic hydroxyl groups excluding tert-OH is 1. The van der Waals surface area contributed by atoms with Crippen LogP contribution in [0.4, 0.5) is 10.5 Å². The fourth-order valence-corrected chi connectivity index (χ4v) is 2.30. The van der Waals surface area contributed by atoms with E-state index in [2.05, 4.69) is 15.6 Å². The number of aliphatic hydroxyl groups is 1. The highest BCUT2D eigenvalue weighted by atomic mass is 16.3. The zero-order valence-corrected chi connectivity index (χ0v) is 12.3. The first-order chi connectivity index (χ1) is 10.1. The Balaban J connectivity index is 1.96. The van der Waals surface area contributed by atoms with Crippen LogP contribution < -0.4 is 10.6 Å². The minimum atomic E-state index is -0.355. The molecule has 2 amide bonds. The minimum absolute atomic E-state index is 0.224. The van der Waals surface area contributed by atoms with Gasteiger partial charge in [-0.25, -0.2) is 4.79 Å². The lowest BCUT2D eigenvalue weighted by Gasteiger charge is -2.15. The molecule has 0 spiro atoms. The molecule has 2 rings (SSSR count). The third-order valence-electron chi connectivity index (χ3n) is 3.24. The fourth-order valence-electron chi connectivity index (χ4n) is 2.30. The van der Waals surface area contributed by atoms with Crippen LogP contribution in [0.25, 0.3) is 10.9 Å². The van der Waals surface area contributed by atoms with E-state index in [-0.39, 0.29) is 18.1 Å². The molecule has 1 aromatic heterocycles. The molecule has 0 radical (unpaired) electrons. The van der Waals surface area contributed by atoms with Gasteiger partial charge in [-0.15, -0.1) is 0 Å². The SMILES string of the molecule is CC(O)CC(C)CNC(=O)Nc1cccc2cccnc12. The molecule has 0 aliphatic heterocycles. The summed E-state index contributed by atoms with van der Waals surface area (Å²) in [4.78, 5) is 16.2. The molecule has 2 aromatic rings. The molecule has 3 N–H and O–H groups in total. The molecule has 0 saturated heterocycles. The van der Waals surface area contributed by atoms with Gasteiger partial charge in [-0.05, 0) is 31.4 Å². The second kappa shape index (κ2) is 7.04. The summed E-state index contributed by atoms with van der Waals surface area (Å²) in [6.45, 7) is 4.26. The first-order valence-corrected chi connectivity index (χ1v) is 7.13. The molecule has 0 saturated carbocycles. The number of hydrogen-bond acceptors (Lipinski definition) is 3. The number of nitrogens with zero attached hydrogens (tertiary/aromatic N) is 1. The Morgan fingerprint density at radius 1 is 1.29 bits per heavy atom. The van der Waals surface area contributed by atoms with Gasteiger partial charge in [0, 0.05) is 18.1 Å². The predicted octanol–water partition coefficient (Wildman–Crippen LogP) is 2.76. The maximum absolute atomic E-state index is 11.9. The number of urea groups is 1. The lowest BCUT2D eigenvalue weighted by atomic mass is 10.1. The van der Waals surface area contributed by atoms with Gasteiger partial charge < -0.3 is 15.7 Å². The zero-order chi connectivity index (χ0) is 15.2. The average molecular weight is 287 g/mol. The van der Waals surface area contributed by atoms with E-state index in [1.807, 2.05) is 37.3 Å². The van der Waals surface area contributed by atoms with Crippen LogP contribution in [0.5, 0.6) is 0 Å². The van der Waals surface area contributed by atoms with Crippen molar-refractivity contribution in [2.75, 3.05) is 11.9 Å². The number of pyridine rings is 1. The first-order valence-electron chi connectivity index (χ1n) is 7.13. The van der Waals surface area contributed by atoms with Crippen LogP contribution >= 0.6 is 0 Å². The highest BCUT2D eigenvalue weighted by molar-refractivity contribution is 5.99.